The van der Waals surface area contributed by atoms with Crippen LogP contribution < -0.4 is 4.90 Å². The molecule has 0 fully saturated rings. The highest BCUT2D eigenvalue weighted by Crippen LogP contribution is 2.45. The molecule has 0 atom stereocenters. The molecule has 11 rings (SSSR count). The molecule has 3 aromatic heterocycles. The van der Waals surface area contributed by atoms with E-state index in [1.165, 1.54) is 6.21 Å². The second kappa shape index (κ2) is 12.3. The van der Waals surface area contributed by atoms with Crippen molar-refractivity contribution in [2.75, 3.05) is 4.90 Å². The molecule has 6 nitrogen and oxygen atoms in total. The monoisotopic (exact) mass is 717 g/mol. The Labute approximate surface area is 321 Å². The Morgan fingerprint density at radius 3 is 1.71 bits per heavy atom. The SMILES string of the molecule is N#Cc1cc(-n2c3ccccc3c3ccccc32)c(-n2c3ccc(N(c4ccccc4)c4ccccc4)cc3c3c4oc5ccccc5c4ccc32)cc1C=N. The van der Waals surface area contributed by atoms with Crippen molar-refractivity contribution in [1.29, 1.82) is 10.7 Å². The molecule has 0 radical (unpaired) electrons. The third kappa shape index (κ3) is 4.58. The molecular weight excluding hydrogens is 687 g/mol. The van der Waals surface area contributed by atoms with E-state index in [9.17, 15) is 5.26 Å². The van der Waals surface area contributed by atoms with Gasteiger partial charge in [-0.3, -0.25) is 0 Å². The lowest BCUT2D eigenvalue weighted by Gasteiger charge is -2.25. The van der Waals surface area contributed by atoms with Crippen LogP contribution in [0.15, 0.2) is 180 Å². The van der Waals surface area contributed by atoms with E-state index in [0.29, 0.717) is 11.1 Å². The number of hydrogen-bond acceptors (Lipinski definition) is 4. The highest BCUT2D eigenvalue weighted by Gasteiger charge is 2.25. The van der Waals surface area contributed by atoms with Gasteiger partial charge in [0.05, 0.1) is 50.5 Å². The first-order valence-corrected chi connectivity index (χ1v) is 18.6. The van der Waals surface area contributed by atoms with Crippen LogP contribution in [0.5, 0.6) is 0 Å². The van der Waals surface area contributed by atoms with E-state index in [0.717, 1.165) is 94.0 Å². The first-order valence-electron chi connectivity index (χ1n) is 18.6. The summed E-state index contributed by atoms with van der Waals surface area (Å²) in [4.78, 5) is 2.28. The van der Waals surface area contributed by atoms with Gasteiger partial charge in [-0.2, -0.15) is 5.26 Å². The zero-order valence-corrected chi connectivity index (χ0v) is 30.0. The van der Waals surface area contributed by atoms with E-state index in [1.807, 2.05) is 42.5 Å². The molecule has 0 saturated carbocycles. The van der Waals surface area contributed by atoms with Crippen LogP contribution in [0.2, 0.25) is 0 Å². The van der Waals surface area contributed by atoms with Crippen LogP contribution in [0.25, 0.3) is 76.9 Å². The van der Waals surface area contributed by atoms with E-state index >= 15 is 0 Å². The molecule has 0 aliphatic carbocycles. The molecule has 0 unspecified atom stereocenters. The van der Waals surface area contributed by atoms with Gasteiger partial charge in [0.2, 0.25) is 0 Å². The molecule has 3 heterocycles. The van der Waals surface area contributed by atoms with Crippen molar-refractivity contribution in [3.05, 3.63) is 187 Å². The van der Waals surface area contributed by atoms with Crippen molar-refractivity contribution in [3.8, 4) is 17.4 Å². The second-order valence-electron chi connectivity index (χ2n) is 14.0. The Morgan fingerprint density at radius 1 is 0.500 bits per heavy atom. The Kier molecular flexibility index (Phi) is 6.97. The third-order valence-electron chi connectivity index (χ3n) is 11.0. The normalized spacial score (nSPS) is 11.6. The lowest BCUT2D eigenvalue weighted by atomic mass is 10.1. The highest BCUT2D eigenvalue weighted by molar-refractivity contribution is 6.24. The molecule has 1 N–H and O–H groups in total. The average molecular weight is 718 g/mol. The fraction of sp³-hybridized carbons (Fsp3) is 0. The minimum Gasteiger partial charge on any atom is -0.455 e. The average Bonchev–Trinajstić information content (AvgIpc) is 3.91. The summed E-state index contributed by atoms with van der Waals surface area (Å²) in [6.45, 7) is 0. The molecule has 0 spiro atoms. The zero-order chi connectivity index (χ0) is 37.3. The first-order chi connectivity index (χ1) is 27.7. The van der Waals surface area contributed by atoms with Gasteiger partial charge in [-0.15, -0.1) is 0 Å². The third-order valence-corrected chi connectivity index (χ3v) is 11.0. The molecule has 8 aromatic carbocycles. The molecule has 6 heteroatoms. The highest BCUT2D eigenvalue weighted by atomic mass is 16.3. The Balaban J connectivity index is 1.29. The molecule has 262 valence electrons. The van der Waals surface area contributed by atoms with Crippen LogP contribution in [0.3, 0.4) is 0 Å². The fourth-order valence-electron chi connectivity index (χ4n) is 8.62. The molecule has 56 heavy (non-hydrogen) atoms. The number of para-hydroxylation sites is 5. The van der Waals surface area contributed by atoms with E-state index in [4.69, 9.17) is 9.83 Å². The number of anilines is 3. The Hall–Kier alpha value is -7.88. The van der Waals surface area contributed by atoms with Crippen molar-refractivity contribution < 1.29 is 4.42 Å². The van der Waals surface area contributed by atoms with Gasteiger partial charge in [-0.1, -0.05) is 91.0 Å². The molecule has 0 saturated heterocycles. The Morgan fingerprint density at radius 2 is 1.05 bits per heavy atom. The number of aromatic nitrogens is 2. The number of rotatable bonds is 6. The van der Waals surface area contributed by atoms with Crippen LogP contribution in [0.1, 0.15) is 11.1 Å². The number of nitrogens with one attached hydrogen (secondary N) is 1. The Bertz CT molecular complexity index is 3310. The van der Waals surface area contributed by atoms with E-state index in [2.05, 4.69) is 154 Å². The number of nitrogens with zero attached hydrogens (tertiary/aromatic N) is 4. The van der Waals surface area contributed by atoms with Gasteiger partial charge >= 0.3 is 0 Å². The number of furan rings is 1. The summed E-state index contributed by atoms with van der Waals surface area (Å²) in [6, 6.07) is 63.1. The van der Waals surface area contributed by atoms with Crippen molar-refractivity contribution in [1.82, 2.24) is 9.13 Å². The summed E-state index contributed by atoms with van der Waals surface area (Å²) in [5, 5.41) is 25.2. The lowest BCUT2D eigenvalue weighted by Crippen LogP contribution is -2.09. The molecule has 0 amide bonds. The van der Waals surface area contributed by atoms with E-state index < -0.39 is 0 Å². The molecular formula is C50H31N5O. The van der Waals surface area contributed by atoms with Gasteiger partial charge in [-0.05, 0) is 84.9 Å². The topological polar surface area (TPSA) is 73.9 Å². The van der Waals surface area contributed by atoms with Crippen LogP contribution in [0.4, 0.5) is 17.1 Å². The molecule has 11 aromatic rings. The number of hydrogen-bond donors (Lipinski definition) is 1. The minimum absolute atomic E-state index is 0.435. The van der Waals surface area contributed by atoms with Crippen molar-refractivity contribution in [3.63, 3.8) is 0 Å². The predicted molar refractivity (Wildman–Crippen MR) is 230 cm³/mol. The molecule has 0 aliphatic heterocycles. The quantitative estimate of drug-likeness (QED) is 0.174. The van der Waals surface area contributed by atoms with E-state index in [-0.39, 0.29) is 0 Å². The number of fused-ring (bicyclic) bond motifs is 10. The van der Waals surface area contributed by atoms with Gasteiger partial charge in [0.25, 0.3) is 0 Å². The van der Waals surface area contributed by atoms with Gasteiger partial charge in [-0.25, -0.2) is 0 Å². The van der Waals surface area contributed by atoms with Gasteiger partial charge < -0.3 is 23.9 Å². The zero-order valence-electron chi connectivity index (χ0n) is 30.0. The van der Waals surface area contributed by atoms with Crippen molar-refractivity contribution in [2.45, 2.75) is 0 Å². The minimum atomic E-state index is 0.435. The summed E-state index contributed by atoms with van der Waals surface area (Å²) in [7, 11) is 0. The van der Waals surface area contributed by atoms with Gasteiger partial charge in [0, 0.05) is 55.8 Å². The first kappa shape index (κ1) is 31.6. The number of nitriles is 1. The second-order valence-corrected chi connectivity index (χ2v) is 14.0. The van der Waals surface area contributed by atoms with Crippen LogP contribution >= 0.6 is 0 Å². The summed E-state index contributed by atoms with van der Waals surface area (Å²) >= 11 is 0. The van der Waals surface area contributed by atoms with Gasteiger partial charge in [0.15, 0.2) is 0 Å². The maximum Gasteiger partial charge on any atom is 0.145 e. The van der Waals surface area contributed by atoms with Crippen LogP contribution in [0, 0.1) is 16.7 Å². The maximum absolute atomic E-state index is 10.4. The van der Waals surface area contributed by atoms with E-state index in [1.54, 1.807) is 0 Å². The largest absolute Gasteiger partial charge is 0.455 e. The fourth-order valence-corrected chi connectivity index (χ4v) is 8.62. The number of benzene rings is 8. The predicted octanol–water partition coefficient (Wildman–Crippen LogP) is 13.1. The lowest BCUT2D eigenvalue weighted by molar-refractivity contribution is 0.673. The molecule has 0 bridgehead atoms. The van der Waals surface area contributed by atoms with Crippen molar-refractivity contribution >= 4 is 88.8 Å². The van der Waals surface area contributed by atoms with Crippen molar-refractivity contribution in [2.24, 2.45) is 0 Å². The summed E-state index contributed by atoms with van der Waals surface area (Å²) < 4.78 is 11.3. The van der Waals surface area contributed by atoms with Crippen LogP contribution in [-0.2, 0) is 0 Å². The summed E-state index contributed by atoms with van der Waals surface area (Å²) in [5.74, 6) is 0. The maximum atomic E-state index is 10.4. The smallest absolute Gasteiger partial charge is 0.145 e. The summed E-state index contributed by atoms with van der Waals surface area (Å²) in [5.41, 5.74) is 11.4. The standard InChI is InChI=1S/C50H31N5O/c51-30-32-27-46(54-42-20-10-7-17-37(42)38-18-8-11-21-43(38)54)47(28-33(32)31-52)55-44-25-23-36(53(34-13-3-1-4-14-34)35-15-5-2-6-16-35)29-41(44)49-45(55)26-24-40-39-19-9-12-22-48(39)56-50(40)49/h1-29,31,52H. The van der Waals surface area contributed by atoms with Gasteiger partial charge in [0.1, 0.15) is 11.2 Å². The summed E-state index contributed by atoms with van der Waals surface area (Å²) in [6.07, 6.45) is 1.28. The molecule has 0 aliphatic rings. The van der Waals surface area contributed by atoms with Crippen LogP contribution in [-0.4, -0.2) is 15.3 Å².